The molecule has 218 valence electrons. The number of H-pyrrole nitrogens is 2. The maximum Gasteiger partial charge on any atom is 0.418 e. The minimum Gasteiger partial charge on any atom is -0.494 e. The lowest BCUT2D eigenvalue weighted by atomic mass is 10.1. The van der Waals surface area contributed by atoms with Crippen molar-refractivity contribution in [3.63, 3.8) is 0 Å². The van der Waals surface area contributed by atoms with Crippen molar-refractivity contribution in [1.29, 1.82) is 0 Å². The quantitative estimate of drug-likeness (QED) is 0.186. The third-order valence-electron chi connectivity index (χ3n) is 6.34. The summed E-state index contributed by atoms with van der Waals surface area (Å²) < 4.78 is 47.2. The predicted molar refractivity (Wildman–Crippen MR) is 149 cm³/mol. The van der Waals surface area contributed by atoms with Crippen LogP contribution in [0, 0.1) is 0 Å². The van der Waals surface area contributed by atoms with E-state index in [1.54, 1.807) is 24.3 Å². The van der Waals surface area contributed by atoms with Gasteiger partial charge in [0.25, 0.3) is 11.8 Å². The van der Waals surface area contributed by atoms with Crippen LogP contribution in [0.4, 0.5) is 24.8 Å². The number of fused-ring (bicyclic) bond motifs is 1. The molecule has 2 aromatic carbocycles. The summed E-state index contributed by atoms with van der Waals surface area (Å²) in [4.78, 5) is 41.5. The summed E-state index contributed by atoms with van der Waals surface area (Å²) in [5.74, 6) is -1.57. The number of anilines is 2. The Kier molecular flexibility index (Phi) is 9.47. The first kappa shape index (κ1) is 29.8. The molecule has 1 aliphatic heterocycles. The van der Waals surface area contributed by atoms with Crippen LogP contribution in [0.3, 0.4) is 0 Å². The Morgan fingerprint density at radius 1 is 1.05 bits per heavy atom. The molecule has 2 amide bonds. The van der Waals surface area contributed by atoms with Gasteiger partial charge in [-0.1, -0.05) is 12.1 Å². The number of nitrogens with zero attached hydrogens (tertiary/aromatic N) is 3. The van der Waals surface area contributed by atoms with Crippen LogP contribution in [-0.4, -0.2) is 76.0 Å². The molecule has 0 aliphatic carbocycles. The van der Waals surface area contributed by atoms with Gasteiger partial charge in [-0.15, -0.1) is 12.4 Å². The molecule has 11 nitrogen and oxygen atoms in total. The molecule has 5 rings (SSSR count). The molecule has 0 spiro atoms. The Morgan fingerprint density at radius 2 is 1.83 bits per heavy atom. The second-order valence-corrected chi connectivity index (χ2v) is 9.14. The number of carbonyl (C=O) groups excluding carboxylic acids is 2. The molecular weight excluding hydrogens is 565 g/mol. The summed E-state index contributed by atoms with van der Waals surface area (Å²) in [5.41, 5.74) is -0.883. The zero-order chi connectivity index (χ0) is 28.1. The molecule has 0 atom stereocenters. The molecule has 0 saturated carbocycles. The maximum atomic E-state index is 13.9. The maximum absolute atomic E-state index is 13.9. The van der Waals surface area contributed by atoms with E-state index in [0.717, 1.165) is 51.2 Å². The fourth-order valence-electron chi connectivity index (χ4n) is 4.37. The highest BCUT2D eigenvalue weighted by molar-refractivity contribution is 6.13. The number of para-hydroxylation sites is 2. The first-order valence-electron chi connectivity index (χ1n) is 12.7. The second-order valence-electron chi connectivity index (χ2n) is 9.14. The van der Waals surface area contributed by atoms with Crippen molar-refractivity contribution < 1.29 is 27.5 Å². The van der Waals surface area contributed by atoms with Crippen LogP contribution in [0.25, 0.3) is 11.0 Å². The zero-order valence-corrected chi connectivity index (χ0v) is 22.5. The highest BCUT2D eigenvalue weighted by Crippen LogP contribution is 2.37. The first-order chi connectivity index (χ1) is 19.3. The molecule has 0 bridgehead atoms. The van der Waals surface area contributed by atoms with Gasteiger partial charge in [-0.2, -0.15) is 13.2 Å². The SMILES string of the molecule is Cl.O=C(Nc1ccc(OCCCN2CCNCC2)cc1C(F)(F)F)c1nc[nH]c1C(=O)Nc1nc2ccccc2[nH]1. The molecular formula is C26H28ClF3N8O3. The third kappa shape index (κ3) is 7.34. The van der Waals surface area contributed by atoms with Gasteiger partial charge in [-0.05, 0) is 36.8 Å². The summed E-state index contributed by atoms with van der Waals surface area (Å²) in [7, 11) is 0. The zero-order valence-electron chi connectivity index (χ0n) is 21.7. The number of piperazine rings is 1. The Hall–Kier alpha value is -4.14. The van der Waals surface area contributed by atoms with Gasteiger partial charge in [0, 0.05) is 32.7 Å². The Balaban J connectivity index is 0.00000387. The van der Waals surface area contributed by atoms with E-state index in [1.807, 2.05) is 0 Å². The van der Waals surface area contributed by atoms with Gasteiger partial charge < -0.3 is 30.2 Å². The monoisotopic (exact) mass is 592 g/mol. The van der Waals surface area contributed by atoms with Gasteiger partial charge >= 0.3 is 6.18 Å². The number of amides is 2. The van der Waals surface area contributed by atoms with Gasteiger partial charge in [-0.25, -0.2) is 9.97 Å². The van der Waals surface area contributed by atoms with Crippen LogP contribution < -0.4 is 20.7 Å². The van der Waals surface area contributed by atoms with E-state index in [9.17, 15) is 22.8 Å². The van der Waals surface area contributed by atoms with Crippen LogP contribution in [0.15, 0.2) is 48.8 Å². The van der Waals surface area contributed by atoms with Crippen molar-refractivity contribution >= 4 is 46.9 Å². The fourth-order valence-corrected chi connectivity index (χ4v) is 4.37. The van der Waals surface area contributed by atoms with Gasteiger partial charge in [0.15, 0.2) is 5.69 Å². The highest BCUT2D eigenvalue weighted by Gasteiger charge is 2.35. The number of rotatable bonds is 9. The lowest BCUT2D eigenvalue weighted by molar-refractivity contribution is -0.137. The average Bonchev–Trinajstić information content (AvgIpc) is 3.59. The van der Waals surface area contributed by atoms with Crippen molar-refractivity contribution in [3.8, 4) is 5.75 Å². The van der Waals surface area contributed by atoms with E-state index in [-0.39, 0.29) is 42.1 Å². The van der Waals surface area contributed by atoms with Crippen molar-refractivity contribution in [2.75, 3.05) is 50.0 Å². The number of aromatic amines is 2. The van der Waals surface area contributed by atoms with Crippen LogP contribution in [0.2, 0.25) is 0 Å². The number of halogens is 4. The third-order valence-corrected chi connectivity index (χ3v) is 6.34. The normalized spacial score (nSPS) is 13.9. The van der Waals surface area contributed by atoms with Crippen LogP contribution in [0.5, 0.6) is 5.75 Å². The van der Waals surface area contributed by atoms with Gasteiger partial charge in [-0.3, -0.25) is 14.9 Å². The van der Waals surface area contributed by atoms with Crippen LogP contribution >= 0.6 is 12.4 Å². The first-order valence-corrected chi connectivity index (χ1v) is 12.7. The van der Waals surface area contributed by atoms with E-state index in [1.165, 1.54) is 6.07 Å². The molecule has 3 heterocycles. The van der Waals surface area contributed by atoms with Gasteiger partial charge in [0.2, 0.25) is 5.95 Å². The standard InChI is InChI=1S/C26H27F3N8O3.ClH/c27-26(28,29)17-14-16(40-13-3-10-37-11-8-30-9-12-37)6-7-18(17)33-23(38)21-22(32-15-31-21)24(39)36-25-34-19-4-1-2-5-20(19)35-25;/h1-2,4-7,14-15,30H,3,8-13H2,(H,31,32)(H,33,38)(H2,34,35,36,39);1H. The van der Waals surface area contributed by atoms with Crippen molar-refractivity contribution in [1.82, 2.24) is 30.2 Å². The minimum atomic E-state index is -4.77. The molecule has 0 unspecified atom stereocenters. The van der Waals surface area contributed by atoms with Crippen LogP contribution in [-0.2, 0) is 6.18 Å². The number of nitrogens with one attached hydrogen (secondary N) is 5. The largest absolute Gasteiger partial charge is 0.494 e. The number of carbonyl (C=O) groups is 2. The summed E-state index contributed by atoms with van der Waals surface area (Å²) in [6.45, 7) is 4.71. The number of hydrogen-bond acceptors (Lipinski definition) is 7. The topological polar surface area (TPSA) is 140 Å². The van der Waals surface area contributed by atoms with E-state index >= 15 is 0 Å². The number of hydrogen-bond donors (Lipinski definition) is 5. The lowest BCUT2D eigenvalue weighted by Crippen LogP contribution is -2.43. The number of imidazole rings is 2. The van der Waals surface area contributed by atoms with E-state index in [4.69, 9.17) is 4.74 Å². The minimum absolute atomic E-state index is 0. The predicted octanol–water partition coefficient (Wildman–Crippen LogP) is 3.91. The number of benzene rings is 2. The van der Waals surface area contributed by atoms with Crippen molar-refractivity contribution in [2.45, 2.75) is 12.6 Å². The van der Waals surface area contributed by atoms with E-state index in [0.29, 0.717) is 17.5 Å². The van der Waals surface area contributed by atoms with Crippen molar-refractivity contribution in [2.24, 2.45) is 0 Å². The molecule has 41 heavy (non-hydrogen) atoms. The molecule has 4 aromatic rings. The molecule has 15 heteroatoms. The Bertz CT molecular complexity index is 1470. The smallest absolute Gasteiger partial charge is 0.418 e. The molecule has 1 aliphatic rings. The second kappa shape index (κ2) is 13.0. The Labute approximate surface area is 238 Å². The number of aromatic nitrogens is 4. The molecule has 1 saturated heterocycles. The average molecular weight is 593 g/mol. The lowest BCUT2D eigenvalue weighted by Gasteiger charge is -2.27. The van der Waals surface area contributed by atoms with E-state index in [2.05, 4.69) is 40.8 Å². The van der Waals surface area contributed by atoms with Crippen molar-refractivity contribution in [3.05, 3.63) is 65.7 Å². The van der Waals surface area contributed by atoms with Gasteiger partial charge in [0.1, 0.15) is 11.4 Å². The highest BCUT2D eigenvalue weighted by atomic mass is 35.5. The Morgan fingerprint density at radius 3 is 2.59 bits per heavy atom. The number of alkyl halides is 3. The number of ether oxygens (including phenoxy) is 1. The van der Waals surface area contributed by atoms with Crippen LogP contribution in [0.1, 0.15) is 33.0 Å². The molecule has 2 aromatic heterocycles. The molecule has 5 N–H and O–H groups in total. The summed E-state index contributed by atoms with van der Waals surface area (Å²) in [6, 6.07) is 10.4. The summed E-state index contributed by atoms with van der Waals surface area (Å²) >= 11 is 0. The van der Waals surface area contributed by atoms with E-state index < -0.39 is 29.2 Å². The molecule has 0 radical (unpaired) electrons. The summed E-state index contributed by atoms with van der Waals surface area (Å²) in [5, 5.41) is 8.01. The molecule has 1 fully saturated rings. The summed E-state index contributed by atoms with van der Waals surface area (Å²) in [6.07, 6.45) is -3.00. The fraction of sp³-hybridized carbons (Fsp3) is 0.308. The van der Waals surface area contributed by atoms with Gasteiger partial charge in [0.05, 0.1) is 35.2 Å².